The molecule has 1 aliphatic rings. The summed E-state index contributed by atoms with van der Waals surface area (Å²) >= 11 is 1.81. The maximum absolute atomic E-state index is 12.4. The minimum atomic E-state index is 0.227. The van der Waals surface area contributed by atoms with Crippen LogP contribution in [0.25, 0.3) is 0 Å². The molecule has 0 saturated heterocycles. The van der Waals surface area contributed by atoms with Crippen LogP contribution in [0.3, 0.4) is 0 Å². The molecule has 1 aliphatic heterocycles. The van der Waals surface area contributed by atoms with Crippen molar-refractivity contribution in [1.82, 2.24) is 15.5 Å². The van der Waals surface area contributed by atoms with Gasteiger partial charge in [0.1, 0.15) is 0 Å². The highest BCUT2D eigenvalue weighted by Crippen LogP contribution is 2.22. The van der Waals surface area contributed by atoms with E-state index < -0.39 is 0 Å². The molecule has 0 saturated carbocycles. The number of carbonyl (C=O) groups is 1. The monoisotopic (exact) mass is 398 g/mol. The number of hydrogen-bond donors (Lipinski definition) is 2. The third kappa shape index (κ3) is 5.83. The summed E-state index contributed by atoms with van der Waals surface area (Å²) in [4.78, 5) is 20.1. The molecule has 1 aromatic heterocycles. The highest BCUT2D eigenvalue weighted by Gasteiger charge is 2.22. The van der Waals surface area contributed by atoms with Crippen molar-refractivity contribution in [3.63, 3.8) is 0 Å². The fourth-order valence-electron chi connectivity index (χ4n) is 3.45. The SMILES string of the molecule is CN=C(NCCCC(=O)N1Cc2ccccc2C1)NCC(C)Cc1cccs1. The highest BCUT2D eigenvalue weighted by molar-refractivity contribution is 7.09. The molecule has 1 aromatic carbocycles. The van der Waals surface area contributed by atoms with Crippen molar-refractivity contribution in [3.8, 4) is 0 Å². The second-order valence-corrected chi connectivity index (χ2v) is 8.42. The Morgan fingerprint density at radius 1 is 1.18 bits per heavy atom. The average Bonchev–Trinajstić information content (AvgIpc) is 3.36. The Kier molecular flexibility index (Phi) is 7.48. The summed E-state index contributed by atoms with van der Waals surface area (Å²) in [6.45, 7) is 5.35. The van der Waals surface area contributed by atoms with E-state index in [4.69, 9.17) is 0 Å². The van der Waals surface area contributed by atoms with Crippen molar-refractivity contribution in [2.45, 2.75) is 39.3 Å². The molecule has 6 heteroatoms. The molecular formula is C22H30N4OS. The van der Waals surface area contributed by atoms with E-state index in [1.807, 2.05) is 28.4 Å². The molecular weight excluding hydrogens is 368 g/mol. The van der Waals surface area contributed by atoms with Gasteiger partial charge in [-0.3, -0.25) is 9.79 Å². The van der Waals surface area contributed by atoms with Crippen LogP contribution in [0.1, 0.15) is 35.8 Å². The quantitative estimate of drug-likeness (QED) is 0.407. The second-order valence-electron chi connectivity index (χ2n) is 7.39. The molecule has 28 heavy (non-hydrogen) atoms. The van der Waals surface area contributed by atoms with Crippen LogP contribution >= 0.6 is 11.3 Å². The summed E-state index contributed by atoms with van der Waals surface area (Å²) in [6, 6.07) is 12.6. The standard InChI is InChI=1S/C22H30N4OS/c1-17(13-20-9-6-12-28-20)14-25-22(23-2)24-11-5-10-21(27)26-15-18-7-3-4-8-19(18)16-26/h3-4,6-9,12,17H,5,10-11,13-16H2,1-2H3,(H2,23,24,25). The molecule has 150 valence electrons. The van der Waals surface area contributed by atoms with Gasteiger partial charge in [0.2, 0.25) is 5.91 Å². The van der Waals surface area contributed by atoms with Gasteiger partial charge in [-0.1, -0.05) is 37.3 Å². The van der Waals surface area contributed by atoms with Gasteiger partial charge < -0.3 is 15.5 Å². The lowest BCUT2D eigenvalue weighted by molar-refractivity contribution is -0.131. The zero-order valence-corrected chi connectivity index (χ0v) is 17.6. The summed E-state index contributed by atoms with van der Waals surface area (Å²) in [6.07, 6.45) is 2.44. The Morgan fingerprint density at radius 3 is 2.57 bits per heavy atom. The molecule has 1 amide bonds. The molecule has 2 N–H and O–H groups in total. The van der Waals surface area contributed by atoms with Crippen LogP contribution < -0.4 is 10.6 Å². The largest absolute Gasteiger partial charge is 0.356 e. The van der Waals surface area contributed by atoms with Crippen LogP contribution in [0.5, 0.6) is 0 Å². The number of hydrogen-bond acceptors (Lipinski definition) is 3. The number of nitrogens with one attached hydrogen (secondary N) is 2. The predicted octanol–water partition coefficient (Wildman–Crippen LogP) is 3.41. The molecule has 0 aliphatic carbocycles. The van der Waals surface area contributed by atoms with Crippen LogP contribution in [0, 0.1) is 5.92 Å². The number of aliphatic imine (C=N–C) groups is 1. The van der Waals surface area contributed by atoms with Crippen molar-refractivity contribution in [2.75, 3.05) is 20.1 Å². The summed E-state index contributed by atoms with van der Waals surface area (Å²) in [5, 5.41) is 8.83. The molecule has 2 aromatic rings. The molecule has 1 unspecified atom stereocenters. The van der Waals surface area contributed by atoms with Gasteiger partial charge >= 0.3 is 0 Å². The van der Waals surface area contributed by atoms with E-state index in [9.17, 15) is 4.79 Å². The van der Waals surface area contributed by atoms with Gasteiger partial charge in [-0.2, -0.15) is 0 Å². The lowest BCUT2D eigenvalue weighted by Crippen LogP contribution is -2.40. The Morgan fingerprint density at radius 2 is 1.93 bits per heavy atom. The Balaban J connectivity index is 1.31. The molecule has 2 heterocycles. The smallest absolute Gasteiger partial charge is 0.223 e. The average molecular weight is 399 g/mol. The third-order valence-electron chi connectivity index (χ3n) is 5.02. The van der Waals surface area contributed by atoms with Crippen molar-refractivity contribution in [3.05, 3.63) is 57.8 Å². The Hall–Kier alpha value is -2.34. The van der Waals surface area contributed by atoms with E-state index in [1.165, 1.54) is 16.0 Å². The van der Waals surface area contributed by atoms with Crippen molar-refractivity contribution in [1.29, 1.82) is 0 Å². The van der Waals surface area contributed by atoms with Gasteiger partial charge in [0, 0.05) is 44.5 Å². The number of rotatable bonds is 8. The van der Waals surface area contributed by atoms with Crippen LogP contribution in [0.2, 0.25) is 0 Å². The van der Waals surface area contributed by atoms with Gasteiger partial charge in [0.25, 0.3) is 0 Å². The number of guanidine groups is 1. The normalized spacial score (nSPS) is 14.6. The first-order chi connectivity index (χ1) is 13.7. The summed E-state index contributed by atoms with van der Waals surface area (Å²) < 4.78 is 0. The first-order valence-corrected chi connectivity index (χ1v) is 10.8. The van der Waals surface area contributed by atoms with Gasteiger partial charge in [0.05, 0.1) is 0 Å². The fraction of sp³-hybridized carbons (Fsp3) is 0.455. The van der Waals surface area contributed by atoms with E-state index in [2.05, 4.69) is 52.2 Å². The lowest BCUT2D eigenvalue weighted by Gasteiger charge is -2.17. The second kappa shape index (κ2) is 10.3. The van der Waals surface area contributed by atoms with E-state index in [0.717, 1.165) is 45.0 Å². The van der Waals surface area contributed by atoms with Gasteiger partial charge in [-0.15, -0.1) is 11.3 Å². The predicted molar refractivity (Wildman–Crippen MR) is 116 cm³/mol. The van der Waals surface area contributed by atoms with E-state index in [0.29, 0.717) is 12.3 Å². The minimum absolute atomic E-state index is 0.227. The molecule has 5 nitrogen and oxygen atoms in total. The molecule has 0 bridgehead atoms. The van der Waals surface area contributed by atoms with Crippen LogP contribution in [0.4, 0.5) is 0 Å². The Labute approximate surface area is 171 Å². The number of carbonyl (C=O) groups excluding carboxylic acids is 1. The molecule has 3 rings (SSSR count). The molecule has 0 spiro atoms. The summed E-state index contributed by atoms with van der Waals surface area (Å²) in [5.74, 6) is 1.57. The van der Waals surface area contributed by atoms with Crippen LogP contribution in [-0.4, -0.2) is 36.9 Å². The Bertz CT molecular complexity index is 763. The molecule has 0 radical (unpaired) electrons. The van der Waals surface area contributed by atoms with E-state index >= 15 is 0 Å². The van der Waals surface area contributed by atoms with E-state index in [-0.39, 0.29) is 5.91 Å². The number of thiophene rings is 1. The number of nitrogens with zero attached hydrogens (tertiary/aromatic N) is 2. The van der Waals surface area contributed by atoms with Crippen molar-refractivity contribution < 1.29 is 4.79 Å². The zero-order chi connectivity index (χ0) is 19.8. The zero-order valence-electron chi connectivity index (χ0n) is 16.8. The number of fused-ring (bicyclic) bond motifs is 1. The fourth-order valence-corrected chi connectivity index (χ4v) is 4.32. The maximum atomic E-state index is 12.4. The number of benzene rings is 1. The van der Waals surface area contributed by atoms with E-state index in [1.54, 1.807) is 7.05 Å². The van der Waals surface area contributed by atoms with Crippen molar-refractivity contribution >= 4 is 23.2 Å². The lowest BCUT2D eigenvalue weighted by atomic mass is 10.1. The van der Waals surface area contributed by atoms with Gasteiger partial charge in [-0.25, -0.2) is 0 Å². The summed E-state index contributed by atoms with van der Waals surface area (Å²) in [7, 11) is 1.78. The maximum Gasteiger partial charge on any atom is 0.223 e. The van der Waals surface area contributed by atoms with Crippen LogP contribution in [-0.2, 0) is 24.3 Å². The van der Waals surface area contributed by atoms with Crippen LogP contribution in [0.15, 0.2) is 46.8 Å². The highest BCUT2D eigenvalue weighted by atomic mass is 32.1. The van der Waals surface area contributed by atoms with Gasteiger partial charge in [-0.05, 0) is 41.3 Å². The third-order valence-corrected chi connectivity index (χ3v) is 5.92. The first-order valence-electron chi connectivity index (χ1n) is 9.97. The first kappa shape index (κ1) is 20.4. The minimum Gasteiger partial charge on any atom is -0.356 e. The number of amides is 1. The molecule has 0 fully saturated rings. The van der Waals surface area contributed by atoms with Gasteiger partial charge in [0.15, 0.2) is 5.96 Å². The topological polar surface area (TPSA) is 56.7 Å². The summed E-state index contributed by atoms with van der Waals surface area (Å²) in [5.41, 5.74) is 2.55. The molecule has 1 atom stereocenters. The van der Waals surface area contributed by atoms with Crippen molar-refractivity contribution in [2.24, 2.45) is 10.9 Å².